The third-order valence-electron chi connectivity index (χ3n) is 4.66. The Balaban J connectivity index is 1.70. The summed E-state index contributed by atoms with van der Waals surface area (Å²) in [5.74, 6) is -1.89. The normalized spacial score (nSPS) is 20.8. The smallest absolute Gasteiger partial charge is 0.292 e. The number of anilines is 1. The molecule has 0 aromatic heterocycles. The number of fused-ring (bicyclic) bond motifs is 2. The van der Waals surface area contributed by atoms with E-state index in [-0.39, 0.29) is 17.1 Å². The van der Waals surface area contributed by atoms with Crippen molar-refractivity contribution in [1.82, 2.24) is 0 Å². The predicted octanol–water partition coefficient (Wildman–Crippen LogP) is 3.60. The molecular formula is C20H20FNO3. The van der Waals surface area contributed by atoms with Crippen molar-refractivity contribution in [3.63, 3.8) is 0 Å². The largest absolute Gasteiger partial charge is 0.338 e. The van der Waals surface area contributed by atoms with Crippen LogP contribution in [0.1, 0.15) is 25.0 Å². The molecule has 130 valence electrons. The Bertz CT molecular complexity index is 806. The Kier molecular flexibility index (Phi) is 3.67. The number of hydrogen-bond donors (Lipinski definition) is 0. The maximum atomic E-state index is 13.2. The second kappa shape index (κ2) is 5.64. The minimum atomic E-state index is -1.37. The lowest BCUT2D eigenvalue weighted by atomic mass is 9.93. The zero-order chi connectivity index (χ0) is 17.7. The summed E-state index contributed by atoms with van der Waals surface area (Å²) in [6, 6.07) is 13.7. The fourth-order valence-electron chi connectivity index (χ4n) is 3.28. The molecule has 4 rings (SSSR count). The van der Waals surface area contributed by atoms with Gasteiger partial charge in [-0.05, 0) is 23.8 Å². The number of rotatable bonds is 2. The third-order valence-corrected chi connectivity index (χ3v) is 4.66. The van der Waals surface area contributed by atoms with Gasteiger partial charge >= 0.3 is 0 Å². The van der Waals surface area contributed by atoms with Crippen molar-refractivity contribution in [2.45, 2.75) is 26.2 Å². The van der Waals surface area contributed by atoms with Crippen molar-refractivity contribution in [3.8, 4) is 0 Å². The van der Waals surface area contributed by atoms with Crippen LogP contribution in [0.15, 0.2) is 48.5 Å². The highest BCUT2D eigenvalue weighted by atomic mass is 19.1. The maximum absolute atomic E-state index is 13.2. The fourth-order valence-corrected chi connectivity index (χ4v) is 3.28. The molecule has 0 atom stereocenters. The van der Waals surface area contributed by atoms with Crippen LogP contribution >= 0.6 is 0 Å². The summed E-state index contributed by atoms with van der Waals surface area (Å²) >= 11 is 0. The highest BCUT2D eigenvalue weighted by Crippen LogP contribution is 2.47. The molecule has 2 aliphatic heterocycles. The number of hydrogen-bond acceptors (Lipinski definition) is 3. The van der Waals surface area contributed by atoms with Crippen LogP contribution in [0.3, 0.4) is 0 Å². The SMILES string of the molecule is CC1(C)COC2(OC1)C(=O)N(Cc1ccc(F)cc1)c1ccccc12. The molecule has 1 saturated heterocycles. The van der Waals surface area contributed by atoms with Crippen molar-refractivity contribution < 1.29 is 18.7 Å². The van der Waals surface area contributed by atoms with Crippen LogP contribution in [0.5, 0.6) is 0 Å². The van der Waals surface area contributed by atoms with Gasteiger partial charge in [-0.15, -0.1) is 0 Å². The molecular weight excluding hydrogens is 321 g/mol. The molecule has 2 aromatic rings. The Morgan fingerprint density at radius 2 is 1.68 bits per heavy atom. The quantitative estimate of drug-likeness (QED) is 0.838. The summed E-state index contributed by atoms with van der Waals surface area (Å²) in [4.78, 5) is 14.9. The van der Waals surface area contributed by atoms with E-state index < -0.39 is 5.79 Å². The van der Waals surface area contributed by atoms with Crippen molar-refractivity contribution in [1.29, 1.82) is 0 Å². The second-order valence-corrected chi connectivity index (χ2v) is 7.39. The topological polar surface area (TPSA) is 38.8 Å². The monoisotopic (exact) mass is 341 g/mol. The lowest BCUT2D eigenvalue weighted by molar-refractivity contribution is -0.286. The van der Waals surface area contributed by atoms with Gasteiger partial charge in [0.15, 0.2) is 0 Å². The first-order chi connectivity index (χ1) is 11.9. The number of benzene rings is 2. The zero-order valence-corrected chi connectivity index (χ0v) is 14.3. The standard InChI is InChI=1S/C20H20FNO3/c1-19(2)12-24-20(25-13-19)16-5-3-4-6-17(16)22(18(20)23)11-14-7-9-15(21)10-8-14/h3-10H,11-13H2,1-2H3. The molecule has 0 N–H and O–H groups in total. The van der Waals surface area contributed by atoms with Crippen LogP contribution in [0.25, 0.3) is 0 Å². The number of halogens is 1. The molecule has 0 aliphatic carbocycles. The lowest BCUT2D eigenvalue weighted by Crippen LogP contribution is -2.51. The lowest BCUT2D eigenvalue weighted by Gasteiger charge is -2.40. The first-order valence-electron chi connectivity index (χ1n) is 8.35. The van der Waals surface area contributed by atoms with Crippen LogP contribution in [-0.2, 0) is 26.6 Å². The minimum absolute atomic E-state index is 0.134. The van der Waals surface area contributed by atoms with Crippen LogP contribution in [0.2, 0.25) is 0 Å². The van der Waals surface area contributed by atoms with Gasteiger partial charge in [0, 0.05) is 11.0 Å². The van der Waals surface area contributed by atoms with E-state index in [1.165, 1.54) is 12.1 Å². The minimum Gasteiger partial charge on any atom is -0.338 e. The van der Waals surface area contributed by atoms with Gasteiger partial charge in [0.25, 0.3) is 11.7 Å². The average molecular weight is 341 g/mol. The second-order valence-electron chi connectivity index (χ2n) is 7.39. The Labute approximate surface area is 146 Å². The van der Waals surface area contributed by atoms with Gasteiger partial charge < -0.3 is 14.4 Å². The number of amides is 1. The van der Waals surface area contributed by atoms with Crippen molar-refractivity contribution in [2.24, 2.45) is 5.41 Å². The number of para-hydroxylation sites is 1. The van der Waals surface area contributed by atoms with Gasteiger partial charge in [-0.25, -0.2) is 4.39 Å². The van der Waals surface area contributed by atoms with Crippen LogP contribution in [0, 0.1) is 11.2 Å². The third kappa shape index (κ3) is 2.64. The van der Waals surface area contributed by atoms with Gasteiger partial charge in [-0.3, -0.25) is 4.79 Å². The number of carbonyl (C=O) groups excluding carboxylic acids is 1. The van der Waals surface area contributed by atoms with E-state index in [2.05, 4.69) is 0 Å². The Hall–Kier alpha value is -2.24. The maximum Gasteiger partial charge on any atom is 0.292 e. The average Bonchev–Trinajstić information content (AvgIpc) is 2.83. The Morgan fingerprint density at radius 3 is 2.36 bits per heavy atom. The fraction of sp³-hybridized carbons (Fsp3) is 0.350. The van der Waals surface area contributed by atoms with Gasteiger partial charge in [-0.2, -0.15) is 0 Å². The predicted molar refractivity (Wildman–Crippen MR) is 91.4 cm³/mol. The van der Waals surface area contributed by atoms with Crippen LogP contribution in [0.4, 0.5) is 10.1 Å². The molecule has 25 heavy (non-hydrogen) atoms. The van der Waals surface area contributed by atoms with Crippen molar-refractivity contribution >= 4 is 11.6 Å². The molecule has 5 heteroatoms. The molecule has 0 saturated carbocycles. The van der Waals surface area contributed by atoms with Crippen LogP contribution in [-0.4, -0.2) is 19.1 Å². The molecule has 0 radical (unpaired) electrons. The summed E-state index contributed by atoms with van der Waals surface area (Å²) in [5.41, 5.74) is 2.22. The van der Waals surface area contributed by atoms with E-state index in [9.17, 15) is 9.18 Å². The molecule has 0 unspecified atom stereocenters. The van der Waals surface area contributed by atoms with E-state index in [4.69, 9.17) is 9.47 Å². The van der Waals surface area contributed by atoms with E-state index >= 15 is 0 Å². The molecule has 0 bridgehead atoms. The zero-order valence-electron chi connectivity index (χ0n) is 14.3. The molecule has 4 nitrogen and oxygen atoms in total. The van der Waals surface area contributed by atoms with Crippen molar-refractivity contribution in [2.75, 3.05) is 18.1 Å². The molecule has 2 heterocycles. The van der Waals surface area contributed by atoms with E-state index in [1.807, 2.05) is 38.1 Å². The van der Waals surface area contributed by atoms with Gasteiger partial charge in [-0.1, -0.05) is 44.2 Å². The first-order valence-corrected chi connectivity index (χ1v) is 8.35. The van der Waals surface area contributed by atoms with Crippen molar-refractivity contribution in [3.05, 3.63) is 65.5 Å². The van der Waals surface area contributed by atoms with Gasteiger partial charge in [0.2, 0.25) is 0 Å². The van der Waals surface area contributed by atoms with Crippen LogP contribution < -0.4 is 4.90 Å². The Morgan fingerprint density at radius 1 is 1.04 bits per heavy atom. The van der Waals surface area contributed by atoms with E-state index in [0.29, 0.717) is 19.8 Å². The highest BCUT2D eigenvalue weighted by molar-refractivity contribution is 6.06. The number of nitrogens with zero attached hydrogens (tertiary/aromatic N) is 1. The molecule has 1 spiro atoms. The molecule has 2 aliphatic rings. The summed E-state index contributed by atoms with van der Waals surface area (Å²) in [6.07, 6.45) is 0. The summed E-state index contributed by atoms with van der Waals surface area (Å²) in [5, 5.41) is 0. The van der Waals surface area contributed by atoms with E-state index in [1.54, 1.807) is 17.0 Å². The van der Waals surface area contributed by atoms with E-state index in [0.717, 1.165) is 16.8 Å². The molecule has 1 amide bonds. The number of carbonyl (C=O) groups is 1. The van der Waals surface area contributed by atoms with Gasteiger partial charge in [0.05, 0.1) is 25.4 Å². The van der Waals surface area contributed by atoms with Gasteiger partial charge in [0.1, 0.15) is 5.82 Å². The molecule has 2 aromatic carbocycles. The summed E-state index contributed by atoms with van der Waals surface area (Å²) in [7, 11) is 0. The highest BCUT2D eigenvalue weighted by Gasteiger charge is 2.56. The molecule has 1 fully saturated rings. The summed E-state index contributed by atoms with van der Waals surface area (Å²) < 4.78 is 25.1. The number of ether oxygens (including phenoxy) is 2. The first kappa shape index (κ1) is 16.2. The summed E-state index contributed by atoms with van der Waals surface area (Å²) in [6.45, 7) is 5.31.